The van der Waals surface area contributed by atoms with E-state index in [0.717, 1.165) is 22.5 Å². The van der Waals surface area contributed by atoms with E-state index in [4.69, 9.17) is 14.5 Å². The second-order valence-corrected chi connectivity index (χ2v) is 8.32. The third-order valence-electron chi connectivity index (χ3n) is 6.05. The summed E-state index contributed by atoms with van der Waals surface area (Å²) in [7, 11) is 4.87. The number of likely N-dealkylation sites (N-methyl/N-ethyl adjacent to an activating group) is 1. The molecule has 0 atom stereocenters. The Morgan fingerprint density at radius 2 is 1.67 bits per heavy atom. The Morgan fingerprint density at radius 3 is 2.42 bits per heavy atom. The second-order valence-electron chi connectivity index (χ2n) is 8.32. The number of amides is 2. The number of carbonyl (C=O) groups excluding carboxylic acids is 2. The molecule has 1 heterocycles. The van der Waals surface area contributed by atoms with E-state index < -0.39 is 0 Å². The SMILES string of the molecule is COc1ccc(C(=O)NCCCc2nc3ccccc3n2CC(=O)N(C)c2ccccc2)cc1OC. The average molecular weight is 487 g/mol. The maximum Gasteiger partial charge on any atom is 0.251 e. The Kier molecular flexibility index (Phi) is 7.85. The molecule has 0 aliphatic carbocycles. The van der Waals surface area contributed by atoms with Crippen molar-refractivity contribution in [3.05, 3.63) is 84.2 Å². The minimum absolute atomic E-state index is 0.0349. The predicted octanol–water partition coefficient (Wildman–Crippen LogP) is 4.08. The minimum Gasteiger partial charge on any atom is -0.493 e. The number of rotatable bonds is 10. The number of carbonyl (C=O) groups is 2. The van der Waals surface area contributed by atoms with Gasteiger partial charge >= 0.3 is 0 Å². The molecule has 0 spiro atoms. The van der Waals surface area contributed by atoms with E-state index in [-0.39, 0.29) is 18.4 Å². The van der Waals surface area contributed by atoms with Gasteiger partial charge in [0.1, 0.15) is 12.4 Å². The Morgan fingerprint density at radius 1 is 0.944 bits per heavy atom. The van der Waals surface area contributed by atoms with Crippen molar-refractivity contribution < 1.29 is 19.1 Å². The fourth-order valence-electron chi connectivity index (χ4n) is 4.06. The molecule has 36 heavy (non-hydrogen) atoms. The van der Waals surface area contributed by atoms with E-state index in [1.165, 1.54) is 7.11 Å². The summed E-state index contributed by atoms with van der Waals surface area (Å²) in [6, 6.07) is 22.4. The number of nitrogens with zero attached hydrogens (tertiary/aromatic N) is 3. The number of aromatic nitrogens is 2. The van der Waals surface area contributed by atoms with Crippen LogP contribution in [-0.4, -0.2) is 49.2 Å². The van der Waals surface area contributed by atoms with E-state index in [0.29, 0.717) is 36.4 Å². The molecule has 0 bridgehead atoms. The molecule has 3 aromatic carbocycles. The average Bonchev–Trinajstić information content (AvgIpc) is 3.27. The van der Waals surface area contributed by atoms with Crippen LogP contribution in [0.2, 0.25) is 0 Å². The van der Waals surface area contributed by atoms with Crippen LogP contribution in [0.3, 0.4) is 0 Å². The first-order chi connectivity index (χ1) is 17.5. The van der Waals surface area contributed by atoms with Gasteiger partial charge in [-0.15, -0.1) is 0 Å². The number of methoxy groups -OCH3 is 2. The van der Waals surface area contributed by atoms with Gasteiger partial charge < -0.3 is 24.3 Å². The molecular formula is C28H30N4O4. The monoisotopic (exact) mass is 486 g/mol. The smallest absolute Gasteiger partial charge is 0.251 e. The molecule has 0 fully saturated rings. The molecule has 0 unspecified atom stereocenters. The summed E-state index contributed by atoms with van der Waals surface area (Å²) in [4.78, 5) is 32.1. The van der Waals surface area contributed by atoms with Gasteiger partial charge in [0.25, 0.3) is 5.91 Å². The lowest BCUT2D eigenvalue weighted by Crippen LogP contribution is -2.30. The van der Waals surface area contributed by atoms with Gasteiger partial charge in [-0.1, -0.05) is 30.3 Å². The van der Waals surface area contributed by atoms with Gasteiger partial charge in [0, 0.05) is 31.3 Å². The van der Waals surface area contributed by atoms with Crippen molar-refractivity contribution in [1.82, 2.24) is 14.9 Å². The summed E-state index contributed by atoms with van der Waals surface area (Å²) >= 11 is 0. The Balaban J connectivity index is 1.42. The van der Waals surface area contributed by atoms with Crippen LogP contribution in [0.4, 0.5) is 5.69 Å². The summed E-state index contributed by atoms with van der Waals surface area (Å²) < 4.78 is 12.5. The Bertz CT molecular complexity index is 1350. The van der Waals surface area contributed by atoms with Gasteiger partial charge in [-0.05, 0) is 48.9 Å². The number of para-hydroxylation sites is 3. The molecule has 2 amide bonds. The van der Waals surface area contributed by atoms with Crippen molar-refractivity contribution >= 4 is 28.5 Å². The third-order valence-corrected chi connectivity index (χ3v) is 6.05. The quantitative estimate of drug-likeness (QED) is 0.342. The van der Waals surface area contributed by atoms with Crippen LogP contribution in [0.5, 0.6) is 11.5 Å². The number of benzene rings is 3. The van der Waals surface area contributed by atoms with Crippen molar-refractivity contribution in [1.29, 1.82) is 0 Å². The van der Waals surface area contributed by atoms with Crippen LogP contribution in [0.1, 0.15) is 22.6 Å². The normalized spacial score (nSPS) is 10.8. The van der Waals surface area contributed by atoms with Gasteiger partial charge in [-0.25, -0.2) is 4.98 Å². The first-order valence-electron chi connectivity index (χ1n) is 11.8. The van der Waals surface area contributed by atoms with Crippen molar-refractivity contribution in [3.8, 4) is 11.5 Å². The van der Waals surface area contributed by atoms with Gasteiger partial charge in [-0.3, -0.25) is 9.59 Å². The van der Waals surface area contributed by atoms with Crippen molar-refractivity contribution in [3.63, 3.8) is 0 Å². The summed E-state index contributed by atoms with van der Waals surface area (Å²) in [5.74, 6) is 1.66. The summed E-state index contributed by atoms with van der Waals surface area (Å²) in [6.07, 6.45) is 1.29. The van der Waals surface area contributed by atoms with Crippen LogP contribution >= 0.6 is 0 Å². The van der Waals surface area contributed by atoms with Crippen molar-refractivity contribution in [2.45, 2.75) is 19.4 Å². The second kappa shape index (κ2) is 11.4. The molecule has 4 aromatic rings. The molecule has 0 radical (unpaired) electrons. The largest absolute Gasteiger partial charge is 0.493 e. The molecular weight excluding hydrogens is 456 g/mol. The van der Waals surface area contributed by atoms with Crippen LogP contribution in [0.15, 0.2) is 72.8 Å². The number of fused-ring (bicyclic) bond motifs is 1. The number of nitrogens with one attached hydrogen (secondary N) is 1. The molecule has 0 saturated heterocycles. The molecule has 1 aromatic heterocycles. The van der Waals surface area contributed by atoms with Crippen molar-refractivity contribution in [2.75, 3.05) is 32.7 Å². The molecule has 0 saturated carbocycles. The van der Waals surface area contributed by atoms with Crippen LogP contribution < -0.4 is 19.7 Å². The first kappa shape index (κ1) is 24.8. The highest BCUT2D eigenvalue weighted by atomic mass is 16.5. The summed E-state index contributed by atoms with van der Waals surface area (Å²) in [5.41, 5.74) is 3.09. The number of imidazole rings is 1. The number of aryl methyl sites for hydroxylation is 1. The standard InChI is InChI=1S/C28H30N4O4/c1-31(21-10-5-4-6-11-21)27(33)19-32-23-13-8-7-12-22(23)30-26(32)14-9-17-29-28(34)20-15-16-24(35-2)25(18-20)36-3/h4-8,10-13,15-16,18H,9,14,17,19H2,1-3H3,(H,29,34). The van der Waals surface area contributed by atoms with Crippen LogP contribution in [-0.2, 0) is 17.8 Å². The van der Waals surface area contributed by atoms with E-state index in [9.17, 15) is 9.59 Å². The highest BCUT2D eigenvalue weighted by molar-refractivity contribution is 5.95. The summed E-state index contributed by atoms with van der Waals surface area (Å²) in [6.45, 7) is 0.646. The highest BCUT2D eigenvalue weighted by Gasteiger charge is 2.17. The summed E-state index contributed by atoms with van der Waals surface area (Å²) in [5, 5.41) is 2.94. The molecule has 0 aliphatic rings. The van der Waals surface area contributed by atoms with Crippen molar-refractivity contribution in [2.24, 2.45) is 0 Å². The topological polar surface area (TPSA) is 85.7 Å². The van der Waals surface area contributed by atoms with Gasteiger partial charge in [0.15, 0.2) is 11.5 Å². The third kappa shape index (κ3) is 5.49. The first-order valence-corrected chi connectivity index (χ1v) is 11.8. The van der Waals surface area contributed by atoms with E-state index >= 15 is 0 Å². The molecule has 4 rings (SSSR count). The van der Waals surface area contributed by atoms with Gasteiger partial charge in [-0.2, -0.15) is 0 Å². The lowest BCUT2D eigenvalue weighted by molar-refractivity contribution is -0.118. The number of anilines is 1. The van der Waals surface area contributed by atoms with Crippen LogP contribution in [0.25, 0.3) is 11.0 Å². The maximum atomic E-state index is 13.1. The lowest BCUT2D eigenvalue weighted by atomic mass is 10.2. The van der Waals surface area contributed by atoms with E-state index in [1.807, 2.05) is 59.2 Å². The fraction of sp³-hybridized carbons (Fsp3) is 0.250. The minimum atomic E-state index is -0.191. The maximum absolute atomic E-state index is 13.1. The van der Waals surface area contributed by atoms with E-state index in [2.05, 4.69) is 5.32 Å². The fourth-order valence-corrected chi connectivity index (χ4v) is 4.06. The molecule has 186 valence electrons. The Hall–Kier alpha value is -4.33. The molecule has 0 aliphatic heterocycles. The predicted molar refractivity (Wildman–Crippen MR) is 140 cm³/mol. The molecule has 8 nitrogen and oxygen atoms in total. The number of hydrogen-bond acceptors (Lipinski definition) is 5. The number of ether oxygens (including phenoxy) is 2. The van der Waals surface area contributed by atoms with Crippen LogP contribution in [0, 0.1) is 0 Å². The lowest BCUT2D eigenvalue weighted by Gasteiger charge is -2.18. The van der Waals surface area contributed by atoms with Gasteiger partial charge in [0.05, 0.1) is 25.3 Å². The van der Waals surface area contributed by atoms with Gasteiger partial charge in [0.2, 0.25) is 5.91 Å². The zero-order valence-electron chi connectivity index (χ0n) is 20.7. The zero-order valence-corrected chi connectivity index (χ0v) is 20.7. The highest BCUT2D eigenvalue weighted by Crippen LogP contribution is 2.27. The number of hydrogen-bond donors (Lipinski definition) is 1. The molecule has 8 heteroatoms. The van der Waals surface area contributed by atoms with E-state index in [1.54, 1.807) is 37.3 Å². The molecule has 1 N–H and O–H groups in total. The Labute approximate surface area is 210 Å². The zero-order chi connectivity index (χ0) is 25.5.